The zero-order valence-corrected chi connectivity index (χ0v) is 15.4. The highest BCUT2D eigenvalue weighted by Gasteiger charge is 2.28. The number of likely N-dealkylation sites (N-methyl/N-ethyl adjacent to an activating group) is 1. The van der Waals surface area contributed by atoms with Crippen molar-refractivity contribution in [1.29, 1.82) is 0 Å². The molecule has 0 fully saturated rings. The molecule has 2 aromatic rings. The van der Waals surface area contributed by atoms with E-state index in [1.54, 1.807) is 0 Å². The topological polar surface area (TPSA) is 61.6 Å². The van der Waals surface area contributed by atoms with Crippen LogP contribution in [-0.4, -0.2) is 35.7 Å². The van der Waals surface area contributed by atoms with Crippen molar-refractivity contribution in [3.8, 4) is 0 Å². The Kier molecular flexibility index (Phi) is 4.97. The Balaban J connectivity index is 1.78. The van der Waals surface area contributed by atoms with Gasteiger partial charge >= 0.3 is 6.03 Å². The minimum Gasteiger partial charge on any atom is -0.372 e. The van der Waals surface area contributed by atoms with E-state index in [2.05, 4.69) is 41.5 Å². The number of carbonyl (C=O) groups excluding carboxylic acids is 1. The molecule has 1 N–H and O–H groups in total. The number of amides is 2. The van der Waals surface area contributed by atoms with Crippen LogP contribution in [0.25, 0.3) is 0 Å². The Hall–Kier alpha value is -2.50. The summed E-state index contributed by atoms with van der Waals surface area (Å²) in [5, 5.41) is 6.99. The number of aryl methyl sites for hydroxylation is 2. The lowest BCUT2D eigenvalue weighted by molar-refractivity contribution is 0.171. The molecule has 2 amide bonds. The van der Waals surface area contributed by atoms with Gasteiger partial charge in [0.2, 0.25) is 0 Å². The number of urea groups is 1. The molecule has 0 aliphatic carbocycles. The molecule has 1 aliphatic heterocycles. The number of aromatic nitrogens is 1. The lowest BCUT2D eigenvalue weighted by Crippen LogP contribution is -2.47. The Morgan fingerprint density at radius 1 is 1.36 bits per heavy atom. The van der Waals surface area contributed by atoms with Crippen LogP contribution in [0.15, 0.2) is 28.8 Å². The molecule has 0 saturated heterocycles. The summed E-state index contributed by atoms with van der Waals surface area (Å²) in [5.41, 5.74) is 4.15. The first kappa shape index (κ1) is 17.3. The van der Waals surface area contributed by atoms with Gasteiger partial charge in [-0.1, -0.05) is 30.3 Å². The lowest BCUT2D eigenvalue weighted by Gasteiger charge is -2.30. The number of benzene rings is 1. The molecule has 134 valence electrons. The molecule has 2 heterocycles. The second kappa shape index (κ2) is 7.17. The van der Waals surface area contributed by atoms with E-state index in [9.17, 15) is 4.79 Å². The highest BCUT2D eigenvalue weighted by molar-refractivity contribution is 5.75. The first-order valence-corrected chi connectivity index (χ1v) is 8.76. The van der Waals surface area contributed by atoms with Crippen molar-refractivity contribution < 1.29 is 9.32 Å². The summed E-state index contributed by atoms with van der Waals surface area (Å²) in [5.74, 6) is 0.755. The smallest absolute Gasteiger partial charge is 0.318 e. The van der Waals surface area contributed by atoms with Crippen LogP contribution in [0.2, 0.25) is 0 Å². The Bertz CT molecular complexity index is 736. The van der Waals surface area contributed by atoms with Gasteiger partial charge in [0.1, 0.15) is 5.76 Å². The van der Waals surface area contributed by atoms with Crippen LogP contribution in [0.3, 0.4) is 0 Å². The van der Waals surface area contributed by atoms with Gasteiger partial charge < -0.3 is 19.6 Å². The minimum atomic E-state index is -0.0445. The predicted molar refractivity (Wildman–Crippen MR) is 97.5 cm³/mol. The molecule has 25 heavy (non-hydrogen) atoms. The van der Waals surface area contributed by atoms with Crippen molar-refractivity contribution >= 4 is 11.7 Å². The second-order valence-electron chi connectivity index (χ2n) is 6.66. The average molecular weight is 342 g/mol. The number of nitrogens with zero attached hydrogens (tertiary/aromatic N) is 3. The zero-order chi connectivity index (χ0) is 18.0. The number of nitrogens with one attached hydrogen (secondary N) is 1. The Morgan fingerprint density at radius 2 is 2.12 bits per heavy atom. The summed E-state index contributed by atoms with van der Waals surface area (Å²) >= 11 is 0. The fourth-order valence-electron chi connectivity index (χ4n) is 3.45. The number of hydrogen-bond acceptors (Lipinski definition) is 4. The number of para-hydroxylation sites is 1. The molecule has 0 saturated carbocycles. The average Bonchev–Trinajstić information content (AvgIpc) is 2.85. The van der Waals surface area contributed by atoms with Crippen molar-refractivity contribution in [3.63, 3.8) is 0 Å². The molecule has 6 heteroatoms. The summed E-state index contributed by atoms with van der Waals surface area (Å²) in [7, 11) is 2.09. The van der Waals surface area contributed by atoms with Gasteiger partial charge in [0.15, 0.2) is 0 Å². The molecule has 3 rings (SSSR count). The van der Waals surface area contributed by atoms with E-state index < -0.39 is 0 Å². The molecule has 0 radical (unpaired) electrons. The first-order valence-electron chi connectivity index (χ1n) is 8.76. The quantitative estimate of drug-likeness (QED) is 0.930. The molecule has 6 nitrogen and oxygen atoms in total. The van der Waals surface area contributed by atoms with Gasteiger partial charge in [0.05, 0.1) is 11.7 Å². The number of hydrogen-bond donors (Lipinski definition) is 1. The maximum absolute atomic E-state index is 12.9. The number of carbonyl (C=O) groups is 1. The summed E-state index contributed by atoms with van der Waals surface area (Å²) < 4.78 is 5.17. The number of fused-ring (bicyclic) bond motifs is 1. The van der Waals surface area contributed by atoms with Crippen molar-refractivity contribution in [3.05, 3.63) is 46.8 Å². The van der Waals surface area contributed by atoms with Gasteiger partial charge in [0, 0.05) is 37.9 Å². The maximum atomic E-state index is 12.9. The van der Waals surface area contributed by atoms with Crippen LogP contribution in [0.1, 0.15) is 35.9 Å². The van der Waals surface area contributed by atoms with Crippen LogP contribution in [0.5, 0.6) is 0 Å². The minimum absolute atomic E-state index is 0.0445. The standard InChI is InChI=1S/C19H26N4O2/c1-5-16-12-22(4)18-9-7-6-8-15(18)11-23(16)19(24)20-10-17-13(2)21-25-14(17)3/h6-9,16H,5,10-12H2,1-4H3,(H,20,24)/t16-/m1/s1. The van der Waals surface area contributed by atoms with Crippen LogP contribution in [-0.2, 0) is 13.1 Å². The van der Waals surface area contributed by atoms with Crippen LogP contribution in [0, 0.1) is 13.8 Å². The molecular formula is C19H26N4O2. The molecule has 1 aromatic heterocycles. The van der Waals surface area contributed by atoms with Crippen molar-refractivity contribution in [1.82, 2.24) is 15.4 Å². The highest BCUT2D eigenvalue weighted by atomic mass is 16.5. The SMILES string of the molecule is CC[C@@H]1CN(C)c2ccccc2CN1C(=O)NCc1c(C)noc1C. The molecule has 1 aliphatic rings. The normalized spacial score (nSPS) is 17.2. The molecular weight excluding hydrogens is 316 g/mol. The van der Waals surface area contributed by atoms with Crippen molar-refractivity contribution in [2.24, 2.45) is 0 Å². The monoisotopic (exact) mass is 342 g/mol. The van der Waals surface area contributed by atoms with Gasteiger partial charge in [-0.25, -0.2) is 4.79 Å². The van der Waals surface area contributed by atoms with Gasteiger partial charge in [-0.15, -0.1) is 0 Å². The lowest BCUT2D eigenvalue weighted by atomic mass is 10.1. The maximum Gasteiger partial charge on any atom is 0.318 e. The largest absolute Gasteiger partial charge is 0.372 e. The zero-order valence-electron chi connectivity index (χ0n) is 15.4. The van der Waals surface area contributed by atoms with Crippen molar-refractivity contribution in [2.75, 3.05) is 18.5 Å². The molecule has 1 atom stereocenters. The van der Waals surface area contributed by atoms with E-state index in [0.717, 1.165) is 30.0 Å². The van der Waals surface area contributed by atoms with Gasteiger partial charge in [-0.05, 0) is 31.9 Å². The summed E-state index contributed by atoms with van der Waals surface area (Å²) in [6.45, 7) is 7.77. The van der Waals surface area contributed by atoms with Crippen molar-refractivity contribution in [2.45, 2.75) is 46.3 Å². The third kappa shape index (κ3) is 3.48. The number of anilines is 1. The molecule has 0 spiro atoms. The summed E-state index contributed by atoms with van der Waals surface area (Å²) in [6, 6.07) is 8.41. The predicted octanol–water partition coefficient (Wildman–Crippen LogP) is 3.23. The third-order valence-electron chi connectivity index (χ3n) is 5.00. The van der Waals surface area contributed by atoms with Gasteiger partial charge in [-0.2, -0.15) is 0 Å². The Morgan fingerprint density at radius 3 is 2.80 bits per heavy atom. The van der Waals surface area contributed by atoms with Gasteiger partial charge in [0.25, 0.3) is 0 Å². The fourth-order valence-corrected chi connectivity index (χ4v) is 3.45. The third-order valence-corrected chi connectivity index (χ3v) is 5.00. The van der Waals surface area contributed by atoms with E-state index in [1.165, 1.54) is 11.3 Å². The first-order chi connectivity index (χ1) is 12.0. The molecule has 1 aromatic carbocycles. The fraction of sp³-hybridized carbons (Fsp3) is 0.474. The molecule has 0 bridgehead atoms. The summed E-state index contributed by atoms with van der Waals surface area (Å²) in [6.07, 6.45) is 0.914. The Labute approximate surface area is 148 Å². The van der Waals surface area contributed by atoms with Crippen LogP contribution >= 0.6 is 0 Å². The van der Waals surface area contributed by atoms with E-state index in [4.69, 9.17) is 4.52 Å². The summed E-state index contributed by atoms with van der Waals surface area (Å²) in [4.78, 5) is 17.1. The van der Waals surface area contributed by atoms with E-state index in [1.807, 2.05) is 30.9 Å². The molecule has 0 unspecified atom stereocenters. The highest BCUT2D eigenvalue weighted by Crippen LogP contribution is 2.27. The number of rotatable bonds is 3. The van der Waals surface area contributed by atoms with E-state index in [0.29, 0.717) is 13.1 Å². The van der Waals surface area contributed by atoms with E-state index in [-0.39, 0.29) is 12.1 Å². The van der Waals surface area contributed by atoms with Gasteiger partial charge in [-0.3, -0.25) is 0 Å². The van der Waals surface area contributed by atoms with Crippen LogP contribution < -0.4 is 10.2 Å². The van der Waals surface area contributed by atoms with Crippen LogP contribution in [0.4, 0.5) is 10.5 Å². The van der Waals surface area contributed by atoms with E-state index >= 15 is 0 Å². The second-order valence-corrected chi connectivity index (χ2v) is 6.66.